The number of aromatic nitrogens is 2. The van der Waals surface area contributed by atoms with E-state index in [2.05, 4.69) is 49.7 Å². The third kappa shape index (κ3) is 4.95. The molecule has 5 nitrogen and oxygen atoms in total. The molecule has 0 aromatic carbocycles. The number of nitrogens with one attached hydrogen (secondary N) is 1. The number of hydrogen-bond acceptors (Lipinski definition) is 3. The van der Waals surface area contributed by atoms with E-state index in [1.54, 1.807) is 0 Å². The molecule has 1 saturated heterocycles. The minimum Gasteiger partial charge on any atom is -0.337 e. The Bertz CT molecular complexity index is 527. The molecular weight excluding hydrogens is 312 g/mol. The number of nitrogens with zero attached hydrogens (tertiary/aromatic N) is 3. The van der Waals surface area contributed by atoms with Gasteiger partial charge in [0.2, 0.25) is 5.91 Å². The highest BCUT2D eigenvalue weighted by atomic mass is 35.5. The summed E-state index contributed by atoms with van der Waals surface area (Å²) in [6.45, 7) is 14.3. The lowest BCUT2D eigenvalue weighted by Crippen LogP contribution is -2.52. The van der Waals surface area contributed by atoms with Crippen LogP contribution in [-0.2, 0) is 17.8 Å². The maximum absolute atomic E-state index is 12.5. The maximum atomic E-state index is 12.5. The Labute approximate surface area is 146 Å². The zero-order valence-electron chi connectivity index (χ0n) is 15.1. The lowest BCUT2D eigenvalue weighted by Gasteiger charge is -2.34. The van der Waals surface area contributed by atoms with Gasteiger partial charge in [-0.2, -0.15) is 5.10 Å². The number of amides is 1. The fraction of sp³-hybridized carbons (Fsp3) is 0.765. The molecule has 6 heteroatoms. The summed E-state index contributed by atoms with van der Waals surface area (Å²) in [5.41, 5.74) is 3.53. The minimum absolute atomic E-state index is 0. The van der Waals surface area contributed by atoms with Gasteiger partial charge >= 0.3 is 0 Å². The SMILES string of the molecule is Cc1nn(CC(C)C)c(C)c1CCC(=O)N1CCNCC1C.Cl. The number of aryl methyl sites for hydroxylation is 1. The van der Waals surface area contributed by atoms with Crippen molar-refractivity contribution >= 4 is 18.3 Å². The van der Waals surface area contributed by atoms with E-state index in [0.717, 1.165) is 38.3 Å². The Kier molecular flexibility index (Phi) is 7.55. The van der Waals surface area contributed by atoms with Crippen LogP contribution in [0.25, 0.3) is 0 Å². The molecule has 1 aliphatic rings. The molecule has 0 bridgehead atoms. The standard InChI is InChI=1S/C17H30N4O.ClH/c1-12(2)11-21-15(5)16(14(4)19-21)6-7-17(22)20-9-8-18-10-13(20)3;/h12-13,18H,6-11H2,1-5H3;1H. The summed E-state index contributed by atoms with van der Waals surface area (Å²) >= 11 is 0. The largest absolute Gasteiger partial charge is 0.337 e. The van der Waals surface area contributed by atoms with Crippen molar-refractivity contribution in [2.75, 3.05) is 19.6 Å². The van der Waals surface area contributed by atoms with Crippen molar-refractivity contribution in [3.8, 4) is 0 Å². The van der Waals surface area contributed by atoms with E-state index in [4.69, 9.17) is 0 Å². The Morgan fingerprint density at radius 1 is 1.39 bits per heavy atom. The molecule has 2 heterocycles. The van der Waals surface area contributed by atoms with E-state index in [-0.39, 0.29) is 18.3 Å². The molecule has 1 fully saturated rings. The fourth-order valence-corrected chi connectivity index (χ4v) is 3.21. The van der Waals surface area contributed by atoms with Gasteiger partial charge in [-0.3, -0.25) is 9.48 Å². The zero-order chi connectivity index (χ0) is 16.3. The molecule has 1 aliphatic heterocycles. The predicted octanol–water partition coefficient (Wildman–Crippen LogP) is 2.33. The van der Waals surface area contributed by atoms with Crippen LogP contribution < -0.4 is 5.32 Å². The van der Waals surface area contributed by atoms with Gasteiger partial charge in [0.25, 0.3) is 0 Å². The van der Waals surface area contributed by atoms with Crippen molar-refractivity contribution in [3.05, 3.63) is 17.0 Å². The predicted molar refractivity (Wildman–Crippen MR) is 96.2 cm³/mol. The molecule has 2 rings (SSSR count). The van der Waals surface area contributed by atoms with E-state index in [1.807, 2.05) is 4.90 Å². The molecule has 23 heavy (non-hydrogen) atoms. The second-order valence-corrected chi connectivity index (χ2v) is 6.87. The van der Waals surface area contributed by atoms with E-state index in [9.17, 15) is 4.79 Å². The van der Waals surface area contributed by atoms with Crippen molar-refractivity contribution in [2.45, 2.75) is 60.0 Å². The summed E-state index contributed by atoms with van der Waals surface area (Å²) < 4.78 is 2.09. The van der Waals surface area contributed by atoms with Crippen LogP contribution in [0, 0.1) is 19.8 Å². The van der Waals surface area contributed by atoms with Crippen molar-refractivity contribution < 1.29 is 4.79 Å². The number of rotatable bonds is 5. The number of piperazine rings is 1. The van der Waals surface area contributed by atoms with Gasteiger partial charge in [-0.15, -0.1) is 12.4 Å². The van der Waals surface area contributed by atoms with Gasteiger partial charge in [-0.05, 0) is 38.7 Å². The van der Waals surface area contributed by atoms with Crippen LogP contribution in [0.5, 0.6) is 0 Å². The Morgan fingerprint density at radius 2 is 2.09 bits per heavy atom. The highest BCUT2D eigenvalue weighted by molar-refractivity contribution is 5.85. The molecule has 1 unspecified atom stereocenters. The summed E-state index contributed by atoms with van der Waals surface area (Å²) in [6.07, 6.45) is 1.38. The van der Waals surface area contributed by atoms with Crippen LogP contribution in [0.2, 0.25) is 0 Å². The second-order valence-electron chi connectivity index (χ2n) is 6.87. The molecule has 0 radical (unpaired) electrons. The topological polar surface area (TPSA) is 50.2 Å². The fourth-order valence-electron chi connectivity index (χ4n) is 3.21. The molecule has 0 spiro atoms. The third-order valence-electron chi connectivity index (χ3n) is 4.48. The summed E-state index contributed by atoms with van der Waals surface area (Å²) in [7, 11) is 0. The average molecular weight is 343 g/mol. The van der Waals surface area contributed by atoms with Crippen LogP contribution in [-0.4, -0.2) is 46.3 Å². The Balaban J connectivity index is 0.00000264. The smallest absolute Gasteiger partial charge is 0.223 e. The van der Waals surface area contributed by atoms with Gasteiger partial charge in [0, 0.05) is 44.3 Å². The van der Waals surface area contributed by atoms with Crippen molar-refractivity contribution in [1.29, 1.82) is 0 Å². The summed E-state index contributed by atoms with van der Waals surface area (Å²) in [4.78, 5) is 14.5. The maximum Gasteiger partial charge on any atom is 0.223 e. The van der Waals surface area contributed by atoms with Crippen LogP contribution in [0.15, 0.2) is 0 Å². The summed E-state index contributed by atoms with van der Waals surface area (Å²) in [5, 5.41) is 7.96. The Hall–Kier alpha value is -1.07. The van der Waals surface area contributed by atoms with Gasteiger partial charge in [-0.1, -0.05) is 13.8 Å². The van der Waals surface area contributed by atoms with Crippen LogP contribution in [0.1, 0.15) is 44.1 Å². The second kappa shape index (κ2) is 8.69. The minimum atomic E-state index is 0. The van der Waals surface area contributed by atoms with E-state index >= 15 is 0 Å². The monoisotopic (exact) mass is 342 g/mol. The molecule has 1 N–H and O–H groups in total. The highest BCUT2D eigenvalue weighted by Crippen LogP contribution is 2.17. The summed E-state index contributed by atoms with van der Waals surface area (Å²) in [5.74, 6) is 0.846. The van der Waals surface area contributed by atoms with Crippen molar-refractivity contribution in [1.82, 2.24) is 20.0 Å². The average Bonchev–Trinajstić information content (AvgIpc) is 2.71. The molecule has 1 amide bonds. The molecular formula is C17H31ClN4O. The van der Waals surface area contributed by atoms with Crippen molar-refractivity contribution in [2.24, 2.45) is 5.92 Å². The lowest BCUT2D eigenvalue weighted by atomic mass is 10.1. The quantitative estimate of drug-likeness (QED) is 0.893. The number of hydrogen-bond donors (Lipinski definition) is 1. The van der Waals surface area contributed by atoms with Gasteiger partial charge in [-0.25, -0.2) is 0 Å². The first-order chi connectivity index (χ1) is 10.4. The normalized spacial score (nSPS) is 18.2. The lowest BCUT2D eigenvalue weighted by molar-refractivity contribution is -0.133. The highest BCUT2D eigenvalue weighted by Gasteiger charge is 2.23. The van der Waals surface area contributed by atoms with E-state index < -0.39 is 0 Å². The van der Waals surface area contributed by atoms with Gasteiger partial charge in [0.05, 0.1) is 5.69 Å². The molecule has 132 valence electrons. The third-order valence-corrected chi connectivity index (χ3v) is 4.48. The molecule has 0 saturated carbocycles. The van der Waals surface area contributed by atoms with E-state index in [1.165, 1.54) is 11.3 Å². The molecule has 1 atom stereocenters. The van der Waals surface area contributed by atoms with Gasteiger partial charge in [0.1, 0.15) is 0 Å². The zero-order valence-corrected chi connectivity index (χ0v) is 15.9. The first-order valence-electron chi connectivity index (χ1n) is 8.43. The first-order valence-corrected chi connectivity index (χ1v) is 8.43. The number of halogens is 1. The summed E-state index contributed by atoms with van der Waals surface area (Å²) in [6, 6.07) is 0.298. The van der Waals surface area contributed by atoms with Gasteiger partial charge < -0.3 is 10.2 Å². The molecule has 0 aliphatic carbocycles. The van der Waals surface area contributed by atoms with Gasteiger partial charge in [0.15, 0.2) is 0 Å². The van der Waals surface area contributed by atoms with Crippen LogP contribution >= 0.6 is 12.4 Å². The molecule has 1 aromatic rings. The molecule has 1 aromatic heterocycles. The van der Waals surface area contributed by atoms with Crippen molar-refractivity contribution in [3.63, 3.8) is 0 Å². The van der Waals surface area contributed by atoms with E-state index in [0.29, 0.717) is 18.4 Å². The number of carbonyl (C=O) groups excluding carboxylic acids is 1. The van der Waals surface area contributed by atoms with Crippen LogP contribution in [0.3, 0.4) is 0 Å². The number of carbonyl (C=O) groups is 1. The first kappa shape index (κ1) is 20.0. The van der Waals surface area contributed by atoms with Crippen LogP contribution in [0.4, 0.5) is 0 Å². The Morgan fingerprint density at radius 3 is 2.70 bits per heavy atom.